The minimum Gasteiger partial charge on any atom is -0.452 e. The van der Waals surface area contributed by atoms with Crippen LogP contribution in [0, 0.1) is 0 Å². The third kappa shape index (κ3) is 2.05. The Hall–Kier alpha value is -2.36. The Kier molecular flexibility index (Phi) is 2.52. The summed E-state index contributed by atoms with van der Waals surface area (Å²) in [5.74, 6) is -0.788. The molecule has 1 aliphatic rings. The molecule has 0 amide bonds. The highest BCUT2D eigenvalue weighted by Gasteiger charge is 2.35. The minimum atomic E-state index is -0.938. The van der Waals surface area contributed by atoms with Gasteiger partial charge in [-0.3, -0.25) is 4.98 Å². The lowest BCUT2D eigenvalue weighted by molar-refractivity contribution is -0.127. The molecule has 4 nitrogen and oxygen atoms in total. The Labute approximate surface area is 111 Å². The number of benzene rings is 1. The van der Waals surface area contributed by atoms with Gasteiger partial charge >= 0.3 is 5.97 Å². The quantitative estimate of drug-likeness (QED) is 0.735. The number of aromatic nitrogens is 1. The van der Waals surface area contributed by atoms with Gasteiger partial charge in [-0.1, -0.05) is 18.2 Å². The highest BCUT2D eigenvalue weighted by atomic mass is 16.7. The first kappa shape index (κ1) is 11.7. The molecule has 0 unspecified atom stereocenters. The van der Waals surface area contributed by atoms with Crippen LogP contribution in [0.2, 0.25) is 0 Å². The van der Waals surface area contributed by atoms with Gasteiger partial charge in [-0.15, -0.1) is 0 Å². The smallest absolute Gasteiger partial charge is 0.345 e. The van der Waals surface area contributed by atoms with Crippen molar-refractivity contribution in [3.63, 3.8) is 0 Å². The van der Waals surface area contributed by atoms with Gasteiger partial charge in [0.1, 0.15) is 11.3 Å². The number of pyridine rings is 1. The second-order valence-electron chi connectivity index (χ2n) is 4.79. The number of rotatable bonds is 1. The van der Waals surface area contributed by atoms with Crippen LogP contribution in [0.1, 0.15) is 24.2 Å². The van der Waals surface area contributed by atoms with E-state index in [1.54, 1.807) is 26.1 Å². The lowest BCUT2D eigenvalue weighted by Gasteiger charge is -2.32. The highest BCUT2D eigenvalue weighted by Crippen LogP contribution is 2.36. The van der Waals surface area contributed by atoms with Crippen molar-refractivity contribution in [2.45, 2.75) is 19.6 Å². The van der Waals surface area contributed by atoms with Gasteiger partial charge in [0.15, 0.2) is 0 Å². The molecule has 0 spiro atoms. The molecule has 2 aromatic rings. The van der Waals surface area contributed by atoms with E-state index in [4.69, 9.17) is 9.47 Å². The summed E-state index contributed by atoms with van der Waals surface area (Å²) in [7, 11) is 0. The molecule has 0 saturated heterocycles. The summed E-state index contributed by atoms with van der Waals surface area (Å²) in [5, 5.41) is 0. The molecule has 0 bridgehead atoms. The van der Waals surface area contributed by atoms with E-state index in [2.05, 4.69) is 4.98 Å². The highest BCUT2D eigenvalue weighted by molar-refractivity contribution is 6.00. The van der Waals surface area contributed by atoms with Gasteiger partial charge in [-0.05, 0) is 18.2 Å². The summed E-state index contributed by atoms with van der Waals surface area (Å²) in [6.07, 6.45) is 1.69. The fourth-order valence-electron chi connectivity index (χ4n) is 2.12. The number of fused-ring (bicyclic) bond motifs is 1. The van der Waals surface area contributed by atoms with Crippen molar-refractivity contribution in [3.05, 3.63) is 48.2 Å². The van der Waals surface area contributed by atoms with Gasteiger partial charge in [0.05, 0.1) is 5.69 Å². The zero-order valence-corrected chi connectivity index (χ0v) is 10.7. The number of ether oxygens (including phenoxy) is 2. The standard InChI is InChI=1S/C15H13NO3/c1-15(2)18-12-8-5-6-10(13(12)14(17)19-15)11-7-3-4-9-16-11/h3-9H,1-2H3. The number of hydrogen-bond donors (Lipinski definition) is 0. The predicted molar refractivity (Wildman–Crippen MR) is 69.8 cm³/mol. The van der Waals surface area contributed by atoms with E-state index in [9.17, 15) is 4.79 Å². The Morgan fingerprint density at radius 1 is 1.05 bits per heavy atom. The molecular formula is C15H13NO3. The lowest BCUT2D eigenvalue weighted by atomic mass is 10.0. The Morgan fingerprint density at radius 2 is 1.89 bits per heavy atom. The van der Waals surface area contributed by atoms with Crippen molar-refractivity contribution in [3.8, 4) is 17.0 Å². The van der Waals surface area contributed by atoms with Crippen LogP contribution in [0.5, 0.6) is 5.75 Å². The van der Waals surface area contributed by atoms with Gasteiger partial charge < -0.3 is 9.47 Å². The molecule has 0 N–H and O–H groups in total. The molecule has 0 radical (unpaired) electrons. The molecule has 2 heterocycles. The summed E-state index contributed by atoms with van der Waals surface area (Å²) in [6.45, 7) is 3.42. The first-order valence-electron chi connectivity index (χ1n) is 6.04. The largest absolute Gasteiger partial charge is 0.452 e. The van der Waals surface area contributed by atoms with E-state index in [-0.39, 0.29) is 5.97 Å². The van der Waals surface area contributed by atoms with E-state index in [1.807, 2.05) is 30.3 Å². The number of hydrogen-bond acceptors (Lipinski definition) is 4. The predicted octanol–water partition coefficient (Wildman–Crippen LogP) is 3.03. The van der Waals surface area contributed by atoms with E-state index in [1.165, 1.54) is 0 Å². The van der Waals surface area contributed by atoms with Crippen LogP contribution >= 0.6 is 0 Å². The Morgan fingerprint density at radius 3 is 2.63 bits per heavy atom. The van der Waals surface area contributed by atoms with Crippen LogP contribution in [-0.4, -0.2) is 16.7 Å². The summed E-state index contributed by atoms with van der Waals surface area (Å²) in [6, 6.07) is 11.0. The maximum Gasteiger partial charge on any atom is 0.345 e. The maximum atomic E-state index is 12.2. The van der Waals surface area contributed by atoms with Crippen LogP contribution < -0.4 is 4.74 Å². The third-order valence-corrected chi connectivity index (χ3v) is 2.87. The lowest BCUT2D eigenvalue weighted by Crippen LogP contribution is -2.39. The van der Waals surface area contributed by atoms with Crippen LogP contribution in [0.4, 0.5) is 0 Å². The van der Waals surface area contributed by atoms with Crippen molar-refractivity contribution in [2.75, 3.05) is 0 Å². The van der Waals surface area contributed by atoms with Gasteiger partial charge in [0.2, 0.25) is 5.79 Å². The number of carbonyl (C=O) groups excluding carboxylic acids is 1. The molecule has 4 heteroatoms. The molecule has 19 heavy (non-hydrogen) atoms. The van der Waals surface area contributed by atoms with Gasteiger partial charge in [0, 0.05) is 25.6 Å². The van der Waals surface area contributed by atoms with Crippen LogP contribution in [0.3, 0.4) is 0 Å². The molecule has 1 aromatic carbocycles. The van der Waals surface area contributed by atoms with Crippen LogP contribution in [0.25, 0.3) is 11.3 Å². The monoisotopic (exact) mass is 255 g/mol. The molecule has 0 fully saturated rings. The molecule has 1 aliphatic heterocycles. The summed E-state index contributed by atoms with van der Waals surface area (Å²) < 4.78 is 11.0. The van der Waals surface area contributed by atoms with E-state index >= 15 is 0 Å². The zero-order valence-electron chi connectivity index (χ0n) is 10.7. The molecule has 3 rings (SSSR count). The van der Waals surface area contributed by atoms with E-state index in [0.717, 1.165) is 11.3 Å². The second-order valence-corrected chi connectivity index (χ2v) is 4.79. The number of cyclic esters (lactones) is 1. The molecule has 1 aromatic heterocycles. The van der Waals surface area contributed by atoms with Crippen LogP contribution in [0.15, 0.2) is 42.6 Å². The van der Waals surface area contributed by atoms with Gasteiger partial charge in [-0.2, -0.15) is 0 Å². The van der Waals surface area contributed by atoms with Crippen molar-refractivity contribution in [1.82, 2.24) is 4.98 Å². The Balaban J connectivity index is 2.18. The van der Waals surface area contributed by atoms with Crippen molar-refractivity contribution in [2.24, 2.45) is 0 Å². The van der Waals surface area contributed by atoms with E-state index in [0.29, 0.717) is 11.3 Å². The van der Waals surface area contributed by atoms with Crippen molar-refractivity contribution >= 4 is 5.97 Å². The topological polar surface area (TPSA) is 48.4 Å². The third-order valence-electron chi connectivity index (χ3n) is 2.87. The average Bonchev–Trinajstić information content (AvgIpc) is 2.37. The first-order chi connectivity index (χ1) is 9.07. The van der Waals surface area contributed by atoms with Gasteiger partial charge in [0.25, 0.3) is 0 Å². The number of carbonyl (C=O) groups is 1. The number of esters is 1. The fourth-order valence-corrected chi connectivity index (χ4v) is 2.12. The fraction of sp³-hybridized carbons (Fsp3) is 0.200. The Bertz CT molecular complexity index is 635. The van der Waals surface area contributed by atoms with Gasteiger partial charge in [-0.25, -0.2) is 4.79 Å². The molecular weight excluding hydrogens is 242 g/mol. The second kappa shape index (κ2) is 4.09. The molecule has 0 aliphatic carbocycles. The summed E-state index contributed by atoms with van der Waals surface area (Å²) in [4.78, 5) is 16.4. The zero-order chi connectivity index (χ0) is 13.5. The molecule has 0 saturated carbocycles. The maximum absolute atomic E-state index is 12.2. The van der Waals surface area contributed by atoms with Crippen molar-refractivity contribution in [1.29, 1.82) is 0 Å². The average molecular weight is 255 g/mol. The summed E-state index contributed by atoms with van der Waals surface area (Å²) in [5.41, 5.74) is 1.87. The number of nitrogens with zero attached hydrogens (tertiary/aromatic N) is 1. The summed E-state index contributed by atoms with van der Waals surface area (Å²) >= 11 is 0. The first-order valence-corrected chi connectivity index (χ1v) is 6.04. The molecule has 96 valence electrons. The van der Waals surface area contributed by atoms with Crippen LogP contribution in [-0.2, 0) is 4.74 Å². The minimum absolute atomic E-state index is 0.382. The SMILES string of the molecule is CC1(C)OC(=O)c2c(cccc2-c2ccccn2)O1. The molecule has 0 atom stereocenters. The van der Waals surface area contributed by atoms with E-state index < -0.39 is 5.79 Å². The van der Waals surface area contributed by atoms with Crippen molar-refractivity contribution < 1.29 is 14.3 Å². The normalized spacial score (nSPS) is 16.2.